The monoisotopic (exact) mass is 393 g/mol. The quantitative estimate of drug-likeness (QED) is 0.561. The maximum absolute atomic E-state index is 12.5. The average Bonchev–Trinajstić information content (AvgIpc) is 3.12. The number of hydrogen-bond acceptors (Lipinski definition) is 4. The summed E-state index contributed by atoms with van der Waals surface area (Å²) < 4.78 is 1.91. The van der Waals surface area contributed by atoms with Crippen LogP contribution in [0.15, 0.2) is 42.5 Å². The first-order chi connectivity index (χ1) is 13.5. The number of aryl methyl sites for hydroxylation is 1. The van der Waals surface area contributed by atoms with Crippen molar-refractivity contribution in [3.05, 3.63) is 58.7 Å². The van der Waals surface area contributed by atoms with Gasteiger partial charge in [-0.2, -0.15) is 0 Å². The van der Waals surface area contributed by atoms with Crippen molar-refractivity contribution < 1.29 is 4.79 Å². The van der Waals surface area contributed by atoms with Crippen molar-refractivity contribution in [3.63, 3.8) is 0 Å². The van der Waals surface area contributed by atoms with Crippen molar-refractivity contribution in [2.24, 2.45) is 5.92 Å². The Bertz CT molecular complexity index is 1200. The highest BCUT2D eigenvalue weighted by atomic mass is 35.5. The van der Waals surface area contributed by atoms with Crippen LogP contribution in [0, 0.1) is 12.8 Å². The highest BCUT2D eigenvalue weighted by Gasteiger charge is 2.17. The number of nitrogens with one attached hydrogen (secondary N) is 1. The van der Waals surface area contributed by atoms with E-state index in [0.29, 0.717) is 34.5 Å². The third-order valence-electron chi connectivity index (χ3n) is 4.54. The molecule has 0 fully saturated rings. The van der Waals surface area contributed by atoms with Crippen LogP contribution in [0.3, 0.4) is 0 Å². The average molecular weight is 394 g/mol. The van der Waals surface area contributed by atoms with Crippen LogP contribution >= 0.6 is 11.6 Å². The molecule has 28 heavy (non-hydrogen) atoms. The summed E-state index contributed by atoms with van der Waals surface area (Å²) >= 11 is 6.40. The van der Waals surface area contributed by atoms with Gasteiger partial charge in [0.2, 0.25) is 0 Å². The fourth-order valence-corrected chi connectivity index (χ4v) is 3.35. The van der Waals surface area contributed by atoms with Crippen LogP contribution in [0.1, 0.15) is 29.9 Å². The number of aromatic nitrogens is 4. The van der Waals surface area contributed by atoms with Gasteiger partial charge in [0.1, 0.15) is 0 Å². The topological polar surface area (TPSA) is 72.2 Å². The second-order valence-corrected chi connectivity index (χ2v) is 7.57. The Morgan fingerprint density at radius 2 is 1.96 bits per heavy atom. The summed E-state index contributed by atoms with van der Waals surface area (Å²) in [6.45, 7) is 6.63. The van der Waals surface area contributed by atoms with Gasteiger partial charge >= 0.3 is 0 Å². The largest absolute Gasteiger partial charge is 0.352 e. The second-order valence-electron chi connectivity index (χ2n) is 7.17. The SMILES string of the molecule is Cc1nc2ccc(C(=O)NCC(C)C)cc2n2c(-c3ccccc3Cl)nnc12. The van der Waals surface area contributed by atoms with Crippen molar-refractivity contribution in [1.29, 1.82) is 0 Å². The Hall–Kier alpha value is -2.99. The predicted octanol–water partition coefficient (Wildman–Crippen LogP) is 4.29. The lowest BCUT2D eigenvalue weighted by Gasteiger charge is -2.10. The van der Waals surface area contributed by atoms with E-state index in [9.17, 15) is 4.79 Å². The van der Waals surface area contributed by atoms with E-state index in [1.807, 2.05) is 47.7 Å². The summed E-state index contributed by atoms with van der Waals surface area (Å²) in [5.41, 5.74) is 4.27. The number of benzene rings is 2. The Kier molecular flexibility index (Phi) is 4.73. The molecule has 4 aromatic rings. The molecule has 0 aliphatic rings. The number of fused-ring (bicyclic) bond motifs is 3. The third-order valence-corrected chi connectivity index (χ3v) is 4.87. The van der Waals surface area contributed by atoms with Crippen molar-refractivity contribution in [2.75, 3.05) is 6.54 Å². The molecule has 0 bridgehead atoms. The van der Waals surface area contributed by atoms with Gasteiger partial charge in [-0.05, 0) is 43.2 Å². The van der Waals surface area contributed by atoms with E-state index in [1.54, 1.807) is 6.07 Å². The molecule has 0 unspecified atom stereocenters. The number of carbonyl (C=O) groups excluding carboxylic acids is 1. The first-order valence-corrected chi connectivity index (χ1v) is 9.52. The van der Waals surface area contributed by atoms with Crippen LogP contribution in [0.25, 0.3) is 28.1 Å². The number of rotatable bonds is 4. The number of amides is 1. The lowest BCUT2D eigenvalue weighted by atomic mass is 10.1. The van der Waals surface area contributed by atoms with Gasteiger partial charge in [-0.3, -0.25) is 9.20 Å². The smallest absolute Gasteiger partial charge is 0.251 e. The summed E-state index contributed by atoms with van der Waals surface area (Å²) in [4.78, 5) is 17.2. The Labute approximate surface area is 167 Å². The van der Waals surface area contributed by atoms with Crippen LogP contribution in [0.5, 0.6) is 0 Å². The van der Waals surface area contributed by atoms with Crippen molar-refractivity contribution in [3.8, 4) is 11.4 Å². The zero-order chi connectivity index (χ0) is 19.8. The third kappa shape index (κ3) is 3.20. The first-order valence-electron chi connectivity index (χ1n) is 9.14. The molecular weight excluding hydrogens is 374 g/mol. The number of carbonyl (C=O) groups is 1. The summed E-state index contributed by atoms with van der Waals surface area (Å²) in [6, 6.07) is 13.0. The molecule has 0 saturated carbocycles. The van der Waals surface area contributed by atoms with Gasteiger partial charge in [-0.1, -0.05) is 37.6 Å². The van der Waals surface area contributed by atoms with Crippen LogP contribution in [-0.2, 0) is 0 Å². The molecule has 2 aromatic heterocycles. The zero-order valence-corrected chi connectivity index (χ0v) is 16.7. The molecule has 7 heteroatoms. The molecule has 1 N–H and O–H groups in total. The van der Waals surface area contributed by atoms with E-state index in [0.717, 1.165) is 22.3 Å². The van der Waals surface area contributed by atoms with Gasteiger partial charge < -0.3 is 5.32 Å². The second kappa shape index (κ2) is 7.20. The fourth-order valence-electron chi connectivity index (χ4n) is 3.13. The minimum Gasteiger partial charge on any atom is -0.352 e. The van der Waals surface area contributed by atoms with E-state index in [1.165, 1.54) is 0 Å². The van der Waals surface area contributed by atoms with Crippen LogP contribution in [0.4, 0.5) is 0 Å². The highest BCUT2D eigenvalue weighted by molar-refractivity contribution is 6.33. The summed E-state index contributed by atoms with van der Waals surface area (Å²) in [5, 5.41) is 12.2. The molecule has 142 valence electrons. The highest BCUT2D eigenvalue weighted by Crippen LogP contribution is 2.29. The normalized spacial score (nSPS) is 11.5. The molecule has 1 amide bonds. The maximum atomic E-state index is 12.5. The van der Waals surface area contributed by atoms with E-state index in [4.69, 9.17) is 11.6 Å². The predicted molar refractivity (Wildman–Crippen MR) is 111 cm³/mol. The number of hydrogen-bond donors (Lipinski definition) is 1. The first kappa shape index (κ1) is 18.4. The number of nitrogens with zero attached hydrogens (tertiary/aromatic N) is 4. The van der Waals surface area contributed by atoms with Gasteiger partial charge in [-0.25, -0.2) is 4.98 Å². The van der Waals surface area contributed by atoms with Crippen molar-refractivity contribution in [2.45, 2.75) is 20.8 Å². The standard InChI is InChI=1S/C21H20ClN5O/c1-12(2)11-23-21(28)14-8-9-17-18(10-14)27-19(13(3)24-17)25-26-20(27)15-6-4-5-7-16(15)22/h4-10,12H,11H2,1-3H3,(H,23,28). The molecular formula is C21H20ClN5O. The Balaban J connectivity index is 1.94. The minimum atomic E-state index is -0.114. The minimum absolute atomic E-state index is 0.114. The molecule has 0 saturated heterocycles. The van der Waals surface area contributed by atoms with E-state index in [-0.39, 0.29) is 5.91 Å². The van der Waals surface area contributed by atoms with Crippen LogP contribution in [-0.4, -0.2) is 32.0 Å². The number of halogens is 1. The fraction of sp³-hybridized carbons (Fsp3) is 0.238. The molecule has 0 spiro atoms. The molecule has 2 aromatic carbocycles. The maximum Gasteiger partial charge on any atom is 0.251 e. The van der Waals surface area contributed by atoms with Crippen molar-refractivity contribution in [1.82, 2.24) is 24.9 Å². The molecule has 0 aliphatic carbocycles. The molecule has 2 heterocycles. The van der Waals surface area contributed by atoms with Crippen LogP contribution < -0.4 is 5.32 Å². The van der Waals surface area contributed by atoms with Crippen molar-refractivity contribution >= 4 is 34.2 Å². The zero-order valence-electron chi connectivity index (χ0n) is 15.9. The van der Waals surface area contributed by atoms with Gasteiger partial charge in [0, 0.05) is 17.7 Å². The van der Waals surface area contributed by atoms with E-state index < -0.39 is 0 Å². The Morgan fingerprint density at radius 3 is 2.71 bits per heavy atom. The summed E-state index contributed by atoms with van der Waals surface area (Å²) in [6.07, 6.45) is 0. The molecule has 0 atom stereocenters. The van der Waals surface area contributed by atoms with E-state index in [2.05, 4.69) is 34.3 Å². The Morgan fingerprint density at radius 1 is 1.18 bits per heavy atom. The summed E-state index contributed by atoms with van der Waals surface area (Å²) in [7, 11) is 0. The van der Waals surface area contributed by atoms with Gasteiger partial charge in [0.25, 0.3) is 5.91 Å². The molecule has 6 nitrogen and oxygen atoms in total. The van der Waals surface area contributed by atoms with Gasteiger partial charge in [0.05, 0.1) is 21.7 Å². The molecule has 4 rings (SSSR count). The molecule has 0 radical (unpaired) electrons. The van der Waals surface area contributed by atoms with E-state index >= 15 is 0 Å². The lowest BCUT2D eigenvalue weighted by molar-refractivity contribution is 0.0949. The van der Waals surface area contributed by atoms with Gasteiger partial charge in [0.15, 0.2) is 11.5 Å². The van der Waals surface area contributed by atoms with Gasteiger partial charge in [-0.15, -0.1) is 10.2 Å². The summed E-state index contributed by atoms with van der Waals surface area (Å²) in [5.74, 6) is 0.887. The lowest BCUT2D eigenvalue weighted by Crippen LogP contribution is -2.27. The molecule has 0 aliphatic heterocycles. The van der Waals surface area contributed by atoms with Crippen LogP contribution in [0.2, 0.25) is 5.02 Å².